The zero-order chi connectivity index (χ0) is 42.9. The number of aryl methyl sites for hydroxylation is 2. The van der Waals surface area contributed by atoms with Crippen LogP contribution in [-0.2, 0) is 33.5 Å². The number of hydrogen-bond donors (Lipinski definition) is 0. The molecule has 9 rings (SSSR count). The SMILES string of the molecule is Cc1ccc2c(c1)C(C)C(Cc1cc3c(cc1-c1ccccc1C)C(C)(C)CCC3(C)C)c1cc3c(cc1B2c1cc2cc(C(C)(C)C)ccc2s1)C(C)(C)CCC3(C)C. The van der Waals surface area contributed by atoms with Crippen molar-refractivity contribution in [2.75, 3.05) is 0 Å². The van der Waals surface area contributed by atoms with Crippen LogP contribution < -0.4 is 15.7 Å². The summed E-state index contributed by atoms with van der Waals surface area (Å²) in [5, 5.41) is 1.38. The molecule has 2 heteroatoms. The van der Waals surface area contributed by atoms with Gasteiger partial charge in [0.2, 0.25) is 0 Å². The summed E-state index contributed by atoms with van der Waals surface area (Å²) in [6, 6.07) is 37.3. The minimum absolute atomic E-state index is 0.105. The predicted octanol–water partition coefficient (Wildman–Crippen LogP) is 14.1. The summed E-state index contributed by atoms with van der Waals surface area (Å²) in [5.41, 5.74) is 21.5. The van der Waals surface area contributed by atoms with Crippen LogP contribution in [0, 0.1) is 13.8 Å². The third-order valence-corrected chi connectivity index (χ3v) is 17.2. The lowest BCUT2D eigenvalue weighted by molar-refractivity contribution is 0.331. The number of rotatable bonds is 4. The summed E-state index contributed by atoms with van der Waals surface area (Å²) in [6.45, 7) is 34.4. The van der Waals surface area contributed by atoms with Gasteiger partial charge in [-0.1, -0.05) is 172 Å². The van der Waals surface area contributed by atoms with E-state index in [9.17, 15) is 0 Å². The van der Waals surface area contributed by atoms with Crippen LogP contribution in [0.15, 0.2) is 91.0 Å². The van der Waals surface area contributed by atoms with Gasteiger partial charge in [0.05, 0.1) is 0 Å². The summed E-state index contributed by atoms with van der Waals surface area (Å²) in [4.78, 5) is 0. The van der Waals surface area contributed by atoms with Crippen molar-refractivity contribution in [3.63, 3.8) is 0 Å². The first-order valence-electron chi connectivity index (χ1n) is 23.1. The molecule has 0 nitrogen and oxygen atoms in total. The molecule has 0 fully saturated rings. The first-order valence-corrected chi connectivity index (χ1v) is 23.9. The summed E-state index contributed by atoms with van der Waals surface area (Å²) < 4.78 is 2.87. The molecule has 0 bridgehead atoms. The zero-order valence-corrected chi connectivity index (χ0v) is 40.2. The monoisotopic (exact) mass is 809 g/mol. The van der Waals surface area contributed by atoms with Crippen LogP contribution in [0.4, 0.5) is 0 Å². The lowest BCUT2D eigenvalue weighted by atomic mass is 9.38. The smallest absolute Gasteiger partial charge is 0.149 e. The summed E-state index contributed by atoms with van der Waals surface area (Å²) in [5.74, 6) is 0.632. The highest BCUT2D eigenvalue weighted by Gasteiger charge is 2.44. The predicted molar refractivity (Wildman–Crippen MR) is 265 cm³/mol. The van der Waals surface area contributed by atoms with E-state index in [-0.39, 0.29) is 33.8 Å². The van der Waals surface area contributed by atoms with Crippen molar-refractivity contribution in [3.05, 3.63) is 147 Å². The minimum atomic E-state index is 0.105. The van der Waals surface area contributed by atoms with Gasteiger partial charge in [-0.25, -0.2) is 0 Å². The van der Waals surface area contributed by atoms with Crippen molar-refractivity contribution in [3.8, 4) is 11.1 Å². The maximum atomic E-state index is 2.77. The molecule has 2 heterocycles. The maximum absolute atomic E-state index is 2.77. The molecule has 2 unspecified atom stereocenters. The highest BCUT2D eigenvalue weighted by molar-refractivity contribution is 7.32. The van der Waals surface area contributed by atoms with Crippen LogP contribution in [0.2, 0.25) is 0 Å². The third-order valence-electron chi connectivity index (χ3n) is 16.1. The minimum Gasteiger partial charge on any atom is -0.149 e. The first-order chi connectivity index (χ1) is 28.1. The molecule has 3 aliphatic rings. The second-order valence-corrected chi connectivity index (χ2v) is 24.4. The lowest BCUT2D eigenvalue weighted by Gasteiger charge is -2.43. The zero-order valence-electron chi connectivity index (χ0n) is 39.3. The highest BCUT2D eigenvalue weighted by Crippen LogP contribution is 2.51. The molecule has 0 amide bonds. The Kier molecular flexibility index (Phi) is 9.73. The summed E-state index contributed by atoms with van der Waals surface area (Å²) in [7, 11) is 0. The van der Waals surface area contributed by atoms with Crippen molar-refractivity contribution in [2.45, 2.75) is 168 Å². The van der Waals surface area contributed by atoms with E-state index in [1.54, 1.807) is 33.3 Å². The number of thiophene rings is 1. The molecule has 2 aliphatic carbocycles. The van der Waals surface area contributed by atoms with Gasteiger partial charge in [-0.05, 0) is 174 Å². The summed E-state index contributed by atoms with van der Waals surface area (Å²) >= 11 is 2.02. The lowest BCUT2D eigenvalue weighted by Crippen LogP contribution is -2.53. The molecule has 0 saturated carbocycles. The van der Waals surface area contributed by atoms with Crippen molar-refractivity contribution in [1.29, 1.82) is 0 Å². The topological polar surface area (TPSA) is 0 Å². The largest absolute Gasteiger partial charge is 0.254 e. The van der Waals surface area contributed by atoms with Crippen molar-refractivity contribution in [2.24, 2.45) is 0 Å². The van der Waals surface area contributed by atoms with E-state index < -0.39 is 0 Å². The standard InChI is InChI=1S/C58H69BS/c1-35-19-21-50-43(27-35)37(3)42(29-38-30-46-47(56(9,10)24-23-55(46,7)8)32-44(38)41-18-16-15-17-36(41)2)45-33-48-49(58(13,14)26-25-57(48,11)12)34-51(45)59(50)53-31-39-28-40(54(4,5)6)20-22-52(39)60-53/h15-22,27-28,30-34,37,42H,23-26,29H2,1-14H3. The molecule has 0 spiro atoms. The molecule has 1 aromatic heterocycles. The van der Waals surface area contributed by atoms with Gasteiger partial charge in [-0.3, -0.25) is 0 Å². The van der Waals surface area contributed by atoms with E-state index in [2.05, 4.69) is 188 Å². The van der Waals surface area contributed by atoms with Crippen LogP contribution in [0.5, 0.6) is 0 Å². The summed E-state index contributed by atoms with van der Waals surface area (Å²) in [6.07, 6.45) is 5.87. The number of hydrogen-bond acceptors (Lipinski definition) is 1. The average molecular weight is 809 g/mol. The Morgan fingerprint density at radius 3 is 1.83 bits per heavy atom. The average Bonchev–Trinajstić information content (AvgIpc) is 3.57. The molecule has 310 valence electrons. The maximum Gasteiger partial charge on any atom is 0.254 e. The van der Waals surface area contributed by atoms with Gasteiger partial charge in [0.25, 0.3) is 6.71 Å². The highest BCUT2D eigenvalue weighted by atomic mass is 32.1. The van der Waals surface area contributed by atoms with Gasteiger partial charge in [-0.15, -0.1) is 11.3 Å². The second kappa shape index (κ2) is 14.1. The van der Waals surface area contributed by atoms with Crippen LogP contribution in [0.25, 0.3) is 21.2 Å². The molecule has 2 atom stereocenters. The normalized spacial score (nSPS) is 21.1. The molecule has 0 radical (unpaired) electrons. The van der Waals surface area contributed by atoms with Crippen LogP contribution in [0.3, 0.4) is 0 Å². The van der Waals surface area contributed by atoms with Crippen LogP contribution in [-0.4, -0.2) is 6.71 Å². The fraction of sp³-hybridized carbons (Fsp3) is 0.448. The molecular formula is C58H69BS. The fourth-order valence-corrected chi connectivity index (χ4v) is 12.9. The first kappa shape index (κ1) is 41.5. The molecule has 0 saturated heterocycles. The Bertz CT molecular complexity index is 2670. The van der Waals surface area contributed by atoms with Crippen molar-refractivity contribution < 1.29 is 0 Å². The molecular weight excluding hydrogens is 740 g/mol. The van der Waals surface area contributed by atoms with Crippen LogP contribution >= 0.6 is 11.3 Å². The van der Waals surface area contributed by atoms with Gasteiger partial charge in [-0.2, -0.15) is 0 Å². The van der Waals surface area contributed by atoms with E-state index in [4.69, 9.17) is 0 Å². The molecule has 5 aromatic carbocycles. The van der Waals surface area contributed by atoms with Gasteiger partial charge in [0, 0.05) is 4.70 Å². The Morgan fingerprint density at radius 1 is 0.600 bits per heavy atom. The van der Waals surface area contributed by atoms with Gasteiger partial charge in [0.1, 0.15) is 0 Å². The van der Waals surface area contributed by atoms with Crippen molar-refractivity contribution in [1.82, 2.24) is 0 Å². The third kappa shape index (κ3) is 6.87. The van der Waals surface area contributed by atoms with E-state index in [1.165, 1.54) is 85.0 Å². The molecule has 6 aromatic rings. The number of fused-ring (bicyclic) bond motifs is 5. The van der Waals surface area contributed by atoms with Gasteiger partial charge in [0.15, 0.2) is 0 Å². The van der Waals surface area contributed by atoms with E-state index in [0.29, 0.717) is 11.8 Å². The molecule has 0 N–H and O–H groups in total. The Labute approximate surface area is 367 Å². The van der Waals surface area contributed by atoms with Crippen molar-refractivity contribution >= 4 is 43.8 Å². The van der Waals surface area contributed by atoms with E-state index in [0.717, 1.165) is 6.42 Å². The quantitative estimate of drug-likeness (QED) is 0.156. The van der Waals surface area contributed by atoms with E-state index >= 15 is 0 Å². The Morgan fingerprint density at radius 2 is 1.20 bits per heavy atom. The van der Waals surface area contributed by atoms with Crippen LogP contribution in [0.1, 0.15) is 176 Å². The van der Waals surface area contributed by atoms with Gasteiger partial charge < -0.3 is 0 Å². The Hall–Kier alpha value is -3.88. The van der Waals surface area contributed by atoms with Gasteiger partial charge >= 0.3 is 0 Å². The number of benzene rings is 5. The Balaban J connectivity index is 1.34. The fourth-order valence-electron chi connectivity index (χ4n) is 11.7. The second-order valence-electron chi connectivity index (χ2n) is 23.2. The molecule has 60 heavy (non-hydrogen) atoms. The molecule has 1 aliphatic heterocycles. The van der Waals surface area contributed by atoms with E-state index in [1.807, 2.05) is 11.3 Å².